The van der Waals surface area contributed by atoms with E-state index in [1.807, 2.05) is 7.05 Å². The third-order valence-corrected chi connectivity index (χ3v) is 3.80. The SMILES string of the molecule is CNCc1cc(N2CCCCC2)c2ccccc2n1. The van der Waals surface area contributed by atoms with Crippen molar-refractivity contribution >= 4 is 16.6 Å². The second-order valence-corrected chi connectivity index (χ2v) is 5.23. The van der Waals surface area contributed by atoms with E-state index in [4.69, 9.17) is 4.98 Å². The van der Waals surface area contributed by atoms with E-state index in [1.165, 1.54) is 43.4 Å². The second kappa shape index (κ2) is 5.57. The molecule has 0 radical (unpaired) electrons. The first-order chi connectivity index (χ1) is 9.38. The van der Waals surface area contributed by atoms with Gasteiger partial charge in [0.25, 0.3) is 0 Å². The summed E-state index contributed by atoms with van der Waals surface area (Å²) in [5.74, 6) is 0. The molecule has 2 heterocycles. The standard InChI is InChI=1S/C16H21N3/c1-17-12-13-11-16(19-9-5-2-6-10-19)14-7-3-4-8-15(14)18-13/h3-4,7-8,11,17H,2,5-6,9-10,12H2,1H3. The number of hydrogen-bond acceptors (Lipinski definition) is 3. The molecular formula is C16H21N3. The number of para-hydroxylation sites is 1. The molecule has 1 aliphatic heterocycles. The van der Waals surface area contributed by atoms with Crippen molar-refractivity contribution in [2.24, 2.45) is 0 Å². The number of fused-ring (bicyclic) bond motifs is 1. The molecule has 0 saturated carbocycles. The highest BCUT2D eigenvalue weighted by atomic mass is 15.1. The van der Waals surface area contributed by atoms with Crippen LogP contribution in [0.3, 0.4) is 0 Å². The number of piperidine rings is 1. The number of hydrogen-bond donors (Lipinski definition) is 1. The van der Waals surface area contributed by atoms with Gasteiger partial charge in [-0.05, 0) is 38.4 Å². The molecule has 0 unspecified atom stereocenters. The van der Waals surface area contributed by atoms with Crippen LogP contribution < -0.4 is 10.2 Å². The van der Waals surface area contributed by atoms with Crippen LogP contribution in [0.4, 0.5) is 5.69 Å². The third-order valence-electron chi connectivity index (χ3n) is 3.80. The van der Waals surface area contributed by atoms with Crippen LogP contribution in [0.5, 0.6) is 0 Å². The molecule has 1 fully saturated rings. The molecular weight excluding hydrogens is 234 g/mol. The number of aromatic nitrogens is 1. The number of nitrogens with zero attached hydrogens (tertiary/aromatic N) is 2. The van der Waals surface area contributed by atoms with Crippen LogP contribution in [-0.2, 0) is 6.54 Å². The van der Waals surface area contributed by atoms with E-state index in [0.717, 1.165) is 17.8 Å². The predicted octanol–water partition coefficient (Wildman–Crippen LogP) is 2.94. The first-order valence-electron chi connectivity index (χ1n) is 7.17. The number of rotatable bonds is 3. The summed E-state index contributed by atoms with van der Waals surface area (Å²) in [6.45, 7) is 3.17. The second-order valence-electron chi connectivity index (χ2n) is 5.23. The molecule has 0 aliphatic carbocycles. The van der Waals surface area contributed by atoms with E-state index < -0.39 is 0 Å². The van der Waals surface area contributed by atoms with Crippen LogP contribution >= 0.6 is 0 Å². The van der Waals surface area contributed by atoms with Gasteiger partial charge >= 0.3 is 0 Å². The summed E-state index contributed by atoms with van der Waals surface area (Å²) >= 11 is 0. The van der Waals surface area contributed by atoms with Gasteiger partial charge in [0.1, 0.15) is 0 Å². The zero-order chi connectivity index (χ0) is 13.1. The summed E-state index contributed by atoms with van der Waals surface area (Å²) in [5, 5.41) is 4.48. The minimum atomic E-state index is 0.825. The summed E-state index contributed by atoms with van der Waals surface area (Å²) in [4.78, 5) is 7.25. The van der Waals surface area contributed by atoms with Crippen molar-refractivity contribution in [3.8, 4) is 0 Å². The summed E-state index contributed by atoms with van der Waals surface area (Å²) in [7, 11) is 1.97. The van der Waals surface area contributed by atoms with Crippen molar-refractivity contribution in [2.75, 3.05) is 25.0 Å². The monoisotopic (exact) mass is 255 g/mol. The van der Waals surface area contributed by atoms with Gasteiger partial charge in [0.2, 0.25) is 0 Å². The molecule has 3 rings (SSSR count). The molecule has 100 valence electrons. The first-order valence-corrected chi connectivity index (χ1v) is 7.17. The van der Waals surface area contributed by atoms with Crippen molar-refractivity contribution in [2.45, 2.75) is 25.8 Å². The molecule has 0 amide bonds. The van der Waals surface area contributed by atoms with E-state index >= 15 is 0 Å². The van der Waals surface area contributed by atoms with Gasteiger partial charge in [-0.3, -0.25) is 4.98 Å². The molecule has 1 aromatic carbocycles. The lowest BCUT2D eigenvalue weighted by molar-refractivity contribution is 0.578. The molecule has 0 spiro atoms. The van der Waals surface area contributed by atoms with Crippen LogP contribution in [0.15, 0.2) is 30.3 Å². The Labute approximate surface area is 114 Å². The fourth-order valence-corrected chi connectivity index (χ4v) is 2.88. The molecule has 0 atom stereocenters. The maximum atomic E-state index is 4.73. The van der Waals surface area contributed by atoms with Crippen molar-refractivity contribution < 1.29 is 0 Å². The average Bonchev–Trinajstić information content (AvgIpc) is 2.48. The molecule has 0 bridgehead atoms. The molecule has 1 aromatic heterocycles. The van der Waals surface area contributed by atoms with Gasteiger partial charge in [0.05, 0.1) is 11.2 Å². The molecule has 3 nitrogen and oxygen atoms in total. The Hall–Kier alpha value is -1.61. The molecule has 3 heteroatoms. The highest BCUT2D eigenvalue weighted by Crippen LogP contribution is 2.29. The quantitative estimate of drug-likeness (QED) is 0.914. The van der Waals surface area contributed by atoms with Gasteiger partial charge in [-0.15, -0.1) is 0 Å². The lowest BCUT2D eigenvalue weighted by Crippen LogP contribution is -2.29. The minimum absolute atomic E-state index is 0.825. The lowest BCUT2D eigenvalue weighted by Gasteiger charge is -2.30. The van der Waals surface area contributed by atoms with Gasteiger partial charge in [-0.25, -0.2) is 0 Å². The molecule has 1 N–H and O–H groups in total. The Morgan fingerprint density at radius 3 is 2.74 bits per heavy atom. The average molecular weight is 255 g/mol. The van der Waals surface area contributed by atoms with Gasteiger partial charge in [0.15, 0.2) is 0 Å². The normalized spacial score (nSPS) is 15.9. The van der Waals surface area contributed by atoms with Crippen molar-refractivity contribution in [1.82, 2.24) is 10.3 Å². The fraction of sp³-hybridized carbons (Fsp3) is 0.438. The van der Waals surface area contributed by atoms with Crippen LogP contribution in [0, 0.1) is 0 Å². The van der Waals surface area contributed by atoms with Crippen molar-refractivity contribution in [1.29, 1.82) is 0 Å². The van der Waals surface area contributed by atoms with E-state index in [-0.39, 0.29) is 0 Å². The van der Waals surface area contributed by atoms with Crippen LogP contribution in [0.1, 0.15) is 25.0 Å². The molecule has 2 aromatic rings. The third kappa shape index (κ3) is 2.56. The Morgan fingerprint density at radius 2 is 1.95 bits per heavy atom. The summed E-state index contributed by atoms with van der Waals surface area (Å²) in [5.41, 5.74) is 3.59. The van der Waals surface area contributed by atoms with Crippen LogP contribution in [0.2, 0.25) is 0 Å². The molecule has 1 aliphatic rings. The van der Waals surface area contributed by atoms with Crippen LogP contribution in [0.25, 0.3) is 10.9 Å². The van der Waals surface area contributed by atoms with E-state index in [2.05, 4.69) is 40.5 Å². The minimum Gasteiger partial charge on any atom is -0.371 e. The predicted molar refractivity (Wildman–Crippen MR) is 80.6 cm³/mol. The number of benzene rings is 1. The van der Waals surface area contributed by atoms with E-state index in [0.29, 0.717) is 0 Å². The first kappa shape index (κ1) is 12.4. The zero-order valence-electron chi connectivity index (χ0n) is 11.5. The molecule has 19 heavy (non-hydrogen) atoms. The molecule has 1 saturated heterocycles. The lowest BCUT2D eigenvalue weighted by atomic mass is 10.1. The topological polar surface area (TPSA) is 28.2 Å². The fourth-order valence-electron chi connectivity index (χ4n) is 2.88. The van der Waals surface area contributed by atoms with Crippen molar-refractivity contribution in [3.05, 3.63) is 36.0 Å². The summed E-state index contributed by atoms with van der Waals surface area (Å²) in [6.07, 6.45) is 3.97. The number of pyridine rings is 1. The maximum Gasteiger partial charge on any atom is 0.0726 e. The van der Waals surface area contributed by atoms with E-state index in [1.54, 1.807) is 0 Å². The number of nitrogens with one attached hydrogen (secondary N) is 1. The van der Waals surface area contributed by atoms with Crippen LogP contribution in [-0.4, -0.2) is 25.1 Å². The summed E-state index contributed by atoms with van der Waals surface area (Å²) in [6, 6.07) is 10.7. The Balaban J connectivity index is 2.08. The highest BCUT2D eigenvalue weighted by molar-refractivity contribution is 5.92. The van der Waals surface area contributed by atoms with Gasteiger partial charge in [-0.2, -0.15) is 0 Å². The summed E-state index contributed by atoms with van der Waals surface area (Å²) < 4.78 is 0. The number of anilines is 1. The Morgan fingerprint density at radius 1 is 1.16 bits per heavy atom. The van der Waals surface area contributed by atoms with Gasteiger partial charge in [-0.1, -0.05) is 18.2 Å². The van der Waals surface area contributed by atoms with Crippen molar-refractivity contribution in [3.63, 3.8) is 0 Å². The smallest absolute Gasteiger partial charge is 0.0726 e. The zero-order valence-corrected chi connectivity index (χ0v) is 11.5. The maximum absolute atomic E-state index is 4.73. The van der Waals surface area contributed by atoms with E-state index in [9.17, 15) is 0 Å². The highest BCUT2D eigenvalue weighted by Gasteiger charge is 2.15. The Bertz CT molecular complexity index is 559. The largest absolute Gasteiger partial charge is 0.371 e. The Kier molecular flexibility index (Phi) is 3.65. The van der Waals surface area contributed by atoms with Gasteiger partial charge in [0, 0.05) is 30.7 Å². The van der Waals surface area contributed by atoms with Gasteiger partial charge < -0.3 is 10.2 Å².